The van der Waals surface area contributed by atoms with E-state index in [1.807, 2.05) is 0 Å². The van der Waals surface area contributed by atoms with E-state index in [2.05, 4.69) is 5.32 Å². The molecular formula is C18H26N2O4. The van der Waals surface area contributed by atoms with E-state index < -0.39 is 12.1 Å². The van der Waals surface area contributed by atoms with Crippen molar-refractivity contribution in [3.63, 3.8) is 0 Å². The van der Waals surface area contributed by atoms with Crippen molar-refractivity contribution in [3.8, 4) is 0 Å². The zero-order valence-corrected chi connectivity index (χ0v) is 14.2. The van der Waals surface area contributed by atoms with E-state index in [0.717, 1.165) is 38.8 Å². The average Bonchev–Trinajstić information content (AvgIpc) is 2.88. The number of ether oxygens (including phenoxy) is 1. The maximum absolute atomic E-state index is 12.5. The molecule has 1 saturated heterocycles. The molecule has 6 nitrogen and oxygen atoms in total. The Kier molecular flexibility index (Phi) is 7.06. The van der Waals surface area contributed by atoms with Crippen LogP contribution < -0.4 is 5.32 Å². The first-order valence-electron chi connectivity index (χ1n) is 8.57. The summed E-state index contributed by atoms with van der Waals surface area (Å²) in [4.78, 5) is 26.7. The maximum Gasteiger partial charge on any atom is 0.341 e. The minimum absolute atomic E-state index is 0.0345. The summed E-state index contributed by atoms with van der Waals surface area (Å²) in [5, 5.41) is 11.9. The Morgan fingerprint density at radius 1 is 1.21 bits per heavy atom. The van der Waals surface area contributed by atoms with Gasteiger partial charge in [0.15, 0.2) is 6.10 Å². The number of aliphatic hydroxyl groups excluding tert-OH is 1. The molecule has 6 heteroatoms. The Labute approximate surface area is 142 Å². The number of anilines is 1. The van der Waals surface area contributed by atoms with Crippen LogP contribution in [0.25, 0.3) is 0 Å². The molecule has 0 aromatic heterocycles. The molecule has 1 aliphatic heterocycles. The number of carbonyl (C=O) groups is 2. The first kappa shape index (κ1) is 18.3. The number of amides is 1. The van der Waals surface area contributed by atoms with Gasteiger partial charge in [-0.15, -0.1) is 0 Å². The summed E-state index contributed by atoms with van der Waals surface area (Å²) in [6.07, 6.45) is 3.48. The second-order valence-electron chi connectivity index (χ2n) is 5.98. The summed E-state index contributed by atoms with van der Waals surface area (Å²) in [6.45, 7) is 3.39. The fraction of sp³-hybridized carbons (Fsp3) is 0.556. The molecule has 0 radical (unpaired) electrons. The van der Waals surface area contributed by atoms with Crippen LogP contribution in [0.3, 0.4) is 0 Å². The minimum atomic E-state index is -0.804. The number of aliphatic hydroxyl groups is 1. The topological polar surface area (TPSA) is 78.9 Å². The summed E-state index contributed by atoms with van der Waals surface area (Å²) in [6, 6.07) is 6.92. The monoisotopic (exact) mass is 334 g/mol. The number of nitrogens with one attached hydrogen (secondary N) is 1. The average molecular weight is 334 g/mol. The highest BCUT2D eigenvalue weighted by molar-refractivity contribution is 5.97. The van der Waals surface area contributed by atoms with Crippen LogP contribution in [-0.2, 0) is 9.53 Å². The second kappa shape index (κ2) is 9.27. The highest BCUT2D eigenvalue weighted by Gasteiger charge is 2.25. The molecule has 1 heterocycles. The molecule has 0 bridgehead atoms. The van der Waals surface area contributed by atoms with Gasteiger partial charge in [0, 0.05) is 25.3 Å². The SMILES string of the molecule is C[C@H](OC(=O)c1ccccc1NCCO)C(=O)N1CCCCCC1. The third-order valence-corrected chi connectivity index (χ3v) is 4.12. The lowest BCUT2D eigenvalue weighted by Gasteiger charge is -2.24. The Morgan fingerprint density at radius 2 is 1.88 bits per heavy atom. The molecule has 132 valence electrons. The largest absolute Gasteiger partial charge is 0.449 e. The van der Waals surface area contributed by atoms with Crippen LogP contribution in [0.2, 0.25) is 0 Å². The van der Waals surface area contributed by atoms with Gasteiger partial charge in [-0.2, -0.15) is 0 Å². The highest BCUT2D eigenvalue weighted by atomic mass is 16.5. The Hall–Kier alpha value is -2.08. The van der Waals surface area contributed by atoms with Crippen molar-refractivity contribution in [3.05, 3.63) is 29.8 Å². The van der Waals surface area contributed by atoms with Gasteiger partial charge in [0.25, 0.3) is 5.91 Å². The van der Waals surface area contributed by atoms with Crippen LogP contribution in [0.15, 0.2) is 24.3 Å². The molecule has 0 saturated carbocycles. The van der Waals surface area contributed by atoms with Gasteiger partial charge in [-0.05, 0) is 31.9 Å². The number of hydrogen-bond acceptors (Lipinski definition) is 5. The van der Waals surface area contributed by atoms with Crippen LogP contribution in [0.4, 0.5) is 5.69 Å². The lowest BCUT2D eigenvalue weighted by atomic mass is 10.1. The quantitative estimate of drug-likeness (QED) is 0.778. The molecule has 1 atom stereocenters. The predicted octanol–water partition coefficient (Wildman–Crippen LogP) is 2.04. The zero-order chi connectivity index (χ0) is 17.4. The summed E-state index contributed by atoms with van der Waals surface area (Å²) in [5.41, 5.74) is 0.951. The van der Waals surface area contributed by atoms with Crippen LogP contribution in [0.5, 0.6) is 0 Å². The van der Waals surface area contributed by atoms with Crippen LogP contribution in [-0.4, -0.2) is 54.2 Å². The lowest BCUT2D eigenvalue weighted by Crippen LogP contribution is -2.40. The Morgan fingerprint density at radius 3 is 2.54 bits per heavy atom. The normalized spacial score (nSPS) is 16.2. The molecule has 24 heavy (non-hydrogen) atoms. The van der Waals surface area contributed by atoms with Crippen molar-refractivity contribution in [1.29, 1.82) is 0 Å². The standard InChI is InChI=1S/C18H26N2O4/c1-14(17(22)20-11-6-2-3-7-12-20)24-18(23)15-8-4-5-9-16(15)19-10-13-21/h4-5,8-9,14,19,21H,2-3,6-7,10-13H2,1H3/t14-/m0/s1. The van der Waals surface area contributed by atoms with Crippen molar-refractivity contribution in [1.82, 2.24) is 4.90 Å². The number of rotatable bonds is 6. The van der Waals surface area contributed by atoms with Crippen LogP contribution in [0, 0.1) is 0 Å². The molecule has 0 unspecified atom stereocenters. The third-order valence-electron chi connectivity index (χ3n) is 4.12. The van der Waals surface area contributed by atoms with Gasteiger partial charge in [-0.3, -0.25) is 4.79 Å². The van der Waals surface area contributed by atoms with E-state index >= 15 is 0 Å². The third kappa shape index (κ3) is 4.96. The van der Waals surface area contributed by atoms with E-state index in [9.17, 15) is 9.59 Å². The van der Waals surface area contributed by atoms with Gasteiger partial charge in [-0.1, -0.05) is 25.0 Å². The lowest BCUT2D eigenvalue weighted by molar-refractivity contribution is -0.139. The fourth-order valence-corrected chi connectivity index (χ4v) is 2.83. The molecule has 2 rings (SSSR count). The number of likely N-dealkylation sites (tertiary alicyclic amines) is 1. The Balaban J connectivity index is 1.99. The molecule has 0 spiro atoms. The molecule has 1 aromatic rings. The van der Waals surface area contributed by atoms with Crippen molar-refractivity contribution in [2.75, 3.05) is 31.6 Å². The highest BCUT2D eigenvalue weighted by Crippen LogP contribution is 2.18. The van der Waals surface area contributed by atoms with Crippen molar-refractivity contribution in [2.24, 2.45) is 0 Å². The zero-order valence-electron chi connectivity index (χ0n) is 14.2. The molecule has 1 aliphatic rings. The van der Waals surface area contributed by atoms with Crippen molar-refractivity contribution in [2.45, 2.75) is 38.7 Å². The number of benzene rings is 1. The molecule has 1 fully saturated rings. The Bertz CT molecular complexity index is 554. The van der Waals surface area contributed by atoms with Crippen LogP contribution in [0.1, 0.15) is 43.0 Å². The summed E-state index contributed by atoms with van der Waals surface area (Å²) >= 11 is 0. The molecule has 0 aliphatic carbocycles. The molecule has 2 N–H and O–H groups in total. The summed E-state index contributed by atoms with van der Waals surface area (Å²) in [5.74, 6) is -0.669. The number of hydrogen-bond donors (Lipinski definition) is 2. The van der Waals surface area contributed by atoms with Gasteiger partial charge in [0.05, 0.1) is 12.2 Å². The molecular weight excluding hydrogens is 308 g/mol. The van der Waals surface area contributed by atoms with E-state index in [1.165, 1.54) is 0 Å². The first-order chi connectivity index (χ1) is 11.6. The fourth-order valence-electron chi connectivity index (χ4n) is 2.83. The minimum Gasteiger partial charge on any atom is -0.449 e. The van der Waals surface area contributed by atoms with E-state index in [-0.39, 0.29) is 12.5 Å². The summed E-state index contributed by atoms with van der Waals surface area (Å²) < 4.78 is 5.38. The van der Waals surface area contributed by atoms with E-state index in [1.54, 1.807) is 36.1 Å². The molecule has 1 aromatic carbocycles. The number of nitrogens with zero attached hydrogens (tertiary/aromatic N) is 1. The smallest absolute Gasteiger partial charge is 0.341 e. The maximum atomic E-state index is 12.5. The van der Waals surface area contributed by atoms with E-state index in [4.69, 9.17) is 9.84 Å². The van der Waals surface area contributed by atoms with Gasteiger partial charge < -0.3 is 20.1 Å². The summed E-state index contributed by atoms with van der Waals surface area (Å²) in [7, 11) is 0. The second-order valence-corrected chi connectivity index (χ2v) is 5.98. The van der Waals surface area contributed by atoms with Crippen molar-refractivity contribution < 1.29 is 19.4 Å². The number of para-hydroxylation sites is 1. The predicted molar refractivity (Wildman–Crippen MR) is 91.9 cm³/mol. The number of carbonyl (C=O) groups excluding carboxylic acids is 2. The van der Waals surface area contributed by atoms with Gasteiger partial charge >= 0.3 is 5.97 Å². The first-order valence-corrected chi connectivity index (χ1v) is 8.57. The van der Waals surface area contributed by atoms with Gasteiger partial charge in [0.1, 0.15) is 0 Å². The van der Waals surface area contributed by atoms with Crippen LogP contribution >= 0.6 is 0 Å². The van der Waals surface area contributed by atoms with E-state index in [0.29, 0.717) is 17.8 Å². The van der Waals surface area contributed by atoms with Gasteiger partial charge in [0.2, 0.25) is 0 Å². The van der Waals surface area contributed by atoms with Gasteiger partial charge in [-0.25, -0.2) is 4.79 Å². The van der Waals surface area contributed by atoms with Crippen molar-refractivity contribution >= 4 is 17.6 Å². The number of esters is 1. The molecule has 1 amide bonds.